The summed E-state index contributed by atoms with van der Waals surface area (Å²) >= 11 is 0. The SMILES string of the molecule is CCc1cc(-c2cc(NC(=O)Cc3cccc(C(F)(F)F)c3)nn2C)cc2cnc(N[C@H]3CC[C@H](NC(=O)O)CC3)nc12. The molecule has 2 amide bonds. The molecule has 1 fully saturated rings. The minimum Gasteiger partial charge on any atom is -0.465 e. The van der Waals surface area contributed by atoms with Crippen LogP contribution in [0.1, 0.15) is 49.3 Å². The fourth-order valence-corrected chi connectivity index (χ4v) is 5.47. The molecule has 0 unspecified atom stereocenters. The summed E-state index contributed by atoms with van der Waals surface area (Å²) in [4.78, 5) is 32.8. The molecule has 1 aliphatic carbocycles. The molecule has 0 spiro atoms. The minimum absolute atomic E-state index is 0.0330. The zero-order chi connectivity index (χ0) is 30.7. The van der Waals surface area contributed by atoms with Crippen LogP contribution in [0.3, 0.4) is 0 Å². The lowest BCUT2D eigenvalue weighted by atomic mass is 9.91. The second-order valence-electron chi connectivity index (χ2n) is 10.7. The summed E-state index contributed by atoms with van der Waals surface area (Å²) in [6, 6.07) is 10.5. The van der Waals surface area contributed by atoms with Gasteiger partial charge < -0.3 is 21.1 Å². The van der Waals surface area contributed by atoms with E-state index in [2.05, 4.69) is 26.0 Å². The van der Waals surface area contributed by atoms with E-state index in [1.54, 1.807) is 24.0 Å². The zero-order valence-corrected chi connectivity index (χ0v) is 23.7. The molecule has 43 heavy (non-hydrogen) atoms. The summed E-state index contributed by atoms with van der Waals surface area (Å²) in [5.74, 6) is 0.337. The van der Waals surface area contributed by atoms with Gasteiger partial charge in [-0.3, -0.25) is 9.48 Å². The molecule has 1 aliphatic rings. The van der Waals surface area contributed by atoms with E-state index >= 15 is 0 Å². The van der Waals surface area contributed by atoms with Gasteiger partial charge in [-0.2, -0.15) is 18.3 Å². The van der Waals surface area contributed by atoms with Crippen molar-refractivity contribution in [3.63, 3.8) is 0 Å². The van der Waals surface area contributed by atoms with E-state index in [4.69, 9.17) is 10.1 Å². The van der Waals surface area contributed by atoms with E-state index in [9.17, 15) is 22.8 Å². The predicted octanol–water partition coefficient (Wildman–Crippen LogP) is 5.78. The lowest BCUT2D eigenvalue weighted by Gasteiger charge is -2.28. The van der Waals surface area contributed by atoms with Crippen molar-refractivity contribution in [1.82, 2.24) is 25.1 Å². The number of anilines is 2. The average Bonchev–Trinajstić information content (AvgIpc) is 3.32. The first-order valence-corrected chi connectivity index (χ1v) is 14.0. The molecule has 10 nitrogen and oxygen atoms in total. The van der Waals surface area contributed by atoms with Crippen LogP contribution in [0.15, 0.2) is 48.7 Å². The number of aryl methyl sites for hydroxylation is 2. The van der Waals surface area contributed by atoms with Crippen molar-refractivity contribution in [2.45, 2.75) is 63.7 Å². The van der Waals surface area contributed by atoms with Crippen molar-refractivity contribution in [2.24, 2.45) is 7.05 Å². The number of aromatic nitrogens is 4. The predicted molar refractivity (Wildman–Crippen MR) is 156 cm³/mol. The van der Waals surface area contributed by atoms with Gasteiger partial charge in [0.25, 0.3) is 0 Å². The number of fused-ring (bicyclic) bond motifs is 1. The number of halogens is 3. The maximum absolute atomic E-state index is 13.0. The van der Waals surface area contributed by atoms with Crippen LogP contribution in [-0.4, -0.2) is 48.9 Å². The highest BCUT2D eigenvalue weighted by molar-refractivity contribution is 5.92. The van der Waals surface area contributed by atoms with Crippen molar-refractivity contribution in [3.8, 4) is 11.3 Å². The summed E-state index contributed by atoms with van der Waals surface area (Å²) in [7, 11) is 1.75. The molecule has 1 saturated carbocycles. The van der Waals surface area contributed by atoms with E-state index in [0.29, 0.717) is 12.4 Å². The van der Waals surface area contributed by atoms with E-state index in [1.165, 1.54) is 12.1 Å². The van der Waals surface area contributed by atoms with Crippen molar-refractivity contribution in [1.29, 1.82) is 0 Å². The molecule has 0 radical (unpaired) electrons. The Morgan fingerprint density at radius 3 is 2.51 bits per heavy atom. The Bertz CT molecular complexity index is 1650. The van der Waals surface area contributed by atoms with Gasteiger partial charge in [-0.15, -0.1) is 0 Å². The average molecular weight is 596 g/mol. The van der Waals surface area contributed by atoms with Gasteiger partial charge in [-0.1, -0.05) is 25.1 Å². The highest BCUT2D eigenvalue weighted by Gasteiger charge is 2.30. The topological polar surface area (TPSA) is 134 Å². The van der Waals surface area contributed by atoms with E-state index in [0.717, 1.165) is 65.5 Å². The molecule has 0 aliphatic heterocycles. The van der Waals surface area contributed by atoms with Gasteiger partial charge in [-0.25, -0.2) is 14.8 Å². The number of amides is 2. The van der Waals surface area contributed by atoms with Gasteiger partial charge in [0.1, 0.15) is 0 Å². The number of nitrogens with one attached hydrogen (secondary N) is 3. The van der Waals surface area contributed by atoms with Crippen molar-refractivity contribution < 1.29 is 27.9 Å². The highest BCUT2D eigenvalue weighted by Crippen LogP contribution is 2.31. The van der Waals surface area contributed by atoms with Gasteiger partial charge in [0.2, 0.25) is 11.9 Å². The smallest absolute Gasteiger partial charge is 0.416 e. The third kappa shape index (κ3) is 7.22. The third-order valence-electron chi connectivity index (χ3n) is 7.59. The molecule has 0 atom stereocenters. The van der Waals surface area contributed by atoms with Crippen molar-refractivity contribution in [2.75, 3.05) is 10.6 Å². The van der Waals surface area contributed by atoms with Gasteiger partial charge in [-0.05, 0) is 61.4 Å². The fourth-order valence-electron chi connectivity index (χ4n) is 5.47. The van der Waals surface area contributed by atoms with Crippen molar-refractivity contribution in [3.05, 3.63) is 65.4 Å². The Balaban J connectivity index is 1.29. The zero-order valence-electron chi connectivity index (χ0n) is 23.7. The van der Waals surface area contributed by atoms with Gasteiger partial charge in [0.05, 0.1) is 23.2 Å². The normalized spacial score (nSPS) is 17.0. The van der Waals surface area contributed by atoms with Crippen LogP contribution in [0.5, 0.6) is 0 Å². The lowest BCUT2D eigenvalue weighted by molar-refractivity contribution is -0.137. The molecule has 13 heteroatoms. The number of carboxylic acid groups (broad SMARTS) is 1. The Kier molecular flexibility index (Phi) is 8.51. The molecular weight excluding hydrogens is 563 g/mol. The summed E-state index contributed by atoms with van der Waals surface area (Å²) in [5, 5.41) is 22.8. The number of carbonyl (C=O) groups excluding carboxylic acids is 1. The summed E-state index contributed by atoms with van der Waals surface area (Å²) in [5.41, 5.74) is 2.87. The van der Waals surface area contributed by atoms with E-state index in [-0.39, 0.29) is 29.9 Å². The van der Waals surface area contributed by atoms with Crippen LogP contribution in [0.4, 0.5) is 29.7 Å². The monoisotopic (exact) mass is 595 g/mol. The maximum atomic E-state index is 13.0. The summed E-state index contributed by atoms with van der Waals surface area (Å²) in [6.45, 7) is 2.03. The Morgan fingerprint density at radius 2 is 1.81 bits per heavy atom. The second kappa shape index (κ2) is 12.3. The van der Waals surface area contributed by atoms with Crippen LogP contribution < -0.4 is 16.0 Å². The highest BCUT2D eigenvalue weighted by atomic mass is 19.4. The van der Waals surface area contributed by atoms with E-state index < -0.39 is 23.7 Å². The van der Waals surface area contributed by atoms with Gasteiger partial charge >= 0.3 is 12.3 Å². The van der Waals surface area contributed by atoms with Crippen LogP contribution in [0, 0.1) is 0 Å². The largest absolute Gasteiger partial charge is 0.465 e. The molecule has 5 rings (SSSR count). The van der Waals surface area contributed by atoms with Crippen LogP contribution in [0.2, 0.25) is 0 Å². The van der Waals surface area contributed by atoms with Crippen molar-refractivity contribution >= 4 is 34.7 Å². The standard InChI is InChI=1S/C30H32F3N7O3/c1-3-18-13-19(14-20-16-34-28(38-27(18)20)35-22-7-9-23(10-8-22)36-29(42)43)24-15-25(39-40(24)2)37-26(41)12-17-5-4-6-21(11-17)30(31,32)33/h4-6,11,13-16,22-23,36H,3,7-10,12H2,1-2H3,(H,42,43)(H,34,35,38)(H,37,39,41)/t22-,23-. The lowest BCUT2D eigenvalue weighted by Crippen LogP contribution is -2.39. The molecule has 0 bridgehead atoms. The molecule has 226 valence electrons. The number of hydrogen-bond acceptors (Lipinski definition) is 6. The Hall–Kier alpha value is -4.68. The van der Waals surface area contributed by atoms with Gasteiger partial charge in [0, 0.05) is 42.3 Å². The first kappa shape index (κ1) is 29.8. The van der Waals surface area contributed by atoms with Crippen LogP contribution in [-0.2, 0) is 30.9 Å². The fraction of sp³-hybridized carbons (Fsp3) is 0.367. The summed E-state index contributed by atoms with van der Waals surface area (Å²) in [6.07, 6.45) is -0.105. The first-order chi connectivity index (χ1) is 20.5. The van der Waals surface area contributed by atoms with Crippen LogP contribution in [0.25, 0.3) is 22.2 Å². The number of nitrogens with zero attached hydrogens (tertiary/aromatic N) is 4. The maximum Gasteiger partial charge on any atom is 0.416 e. The second-order valence-corrected chi connectivity index (χ2v) is 10.7. The number of rotatable bonds is 8. The number of benzene rings is 2. The van der Waals surface area contributed by atoms with Crippen LogP contribution >= 0.6 is 0 Å². The molecule has 4 aromatic rings. The number of alkyl halides is 3. The first-order valence-electron chi connectivity index (χ1n) is 14.0. The molecule has 2 aromatic heterocycles. The molecular formula is C30H32F3N7O3. The molecule has 0 saturated heterocycles. The molecule has 2 aromatic carbocycles. The van der Waals surface area contributed by atoms with E-state index in [1.807, 2.05) is 19.1 Å². The summed E-state index contributed by atoms with van der Waals surface area (Å²) < 4.78 is 40.7. The molecule has 4 N–H and O–H groups in total. The Morgan fingerprint density at radius 1 is 1.07 bits per heavy atom. The Labute approximate surface area is 245 Å². The molecule has 2 heterocycles. The quantitative estimate of drug-likeness (QED) is 0.203. The number of carbonyl (C=O) groups is 2. The number of hydrogen-bond donors (Lipinski definition) is 4. The third-order valence-corrected chi connectivity index (χ3v) is 7.59. The minimum atomic E-state index is -4.48. The van der Waals surface area contributed by atoms with Gasteiger partial charge in [0.15, 0.2) is 5.82 Å².